The van der Waals surface area contributed by atoms with E-state index in [1.54, 1.807) is 36.4 Å². The SMILES string of the molecule is Cc1ccc(-c2cc(C(F)(F)C(F)(F)F)nc3c2ccc2nc(-c4nnco4)c(CN)n23)cc1. The molecule has 5 aromatic rings. The highest BCUT2D eigenvalue weighted by Gasteiger charge is 2.60. The number of imidazole rings is 1. The first kappa shape index (κ1) is 21.9. The van der Waals surface area contributed by atoms with Crippen molar-refractivity contribution in [2.45, 2.75) is 25.6 Å². The second-order valence-corrected chi connectivity index (χ2v) is 7.61. The molecule has 34 heavy (non-hydrogen) atoms. The summed E-state index contributed by atoms with van der Waals surface area (Å²) in [5, 5.41) is 7.73. The van der Waals surface area contributed by atoms with Crippen LogP contribution in [0.5, 0.6) is 0 Å². The van der Waals surface area contributed by atoms with Crippen LogP contribution in [-0.2, 0) is 12.5 Å². The number of benzene rings is 1. The molecule has 0 saturated carbocycles. The van der Waals surface area contributed by atoms with Gasteiger partial charge in [0.1, 0.15) is 17.0 Å². The van der Waals surface area contributed by atoms with Crippen LogP contribution in [0.1, 0.15) is 17.0 Å². The summed E-state index contributed by atoms with van der Waals surface area (Å²) in [7, 11) is 0. The number of nitrogens with zero attached hydrogens (tertiary/aromatic N) is 5. The number of hydrogen-bond acceptors (Lipinski definition) is 6. The summed E-state index contributed by atoms with van der Waals surface area (Å²) in [5.41, 5.74) is 6.47. The molecule has 0 aliphatic carbocycles. The molecule has 0 aliphatic rings. The van der Waals surface area contributed by atoms with Crippen molar-refractivity contribution in [1.29, 1.82) is 0 Å². The Morgan fingerprint density at radius 1 is 1.00 bits per heavy atom. The molecule has 4 heterocycles. The smallest absolute Gasteiger partial charge is 0.422 e. The van der Waals surface area contributed by atoms with E-state index < -0.39 is 17.8 Å². The van der Waals surface area contributed by atoms with Crippen LogP contribution >= 0.6 is 0 Å². The van der Waals surface area contributed by atoms with E-state index in [0.29, 0.717) is 10.9 Å². The fraction of sp³-hybridized carbons (Fsp3) is 0.182. The lowest BCUT2D eigenvalue weighted by atomic mass is 9.99. The van der Waals surface area contributed by atoms with Crippen LogP contribution in [0.4, 0.5) is 22.0 Å². The van der Waals surface area contributed by atoms with Gasteiger partial charge in [-0.15, -0.1) is 10.2 Å². The molecule has 7 nitrogen and oxygen atoms in total. The van der Waals surface area contributed by atoms with E-state index >= 15 is 0 Å². The maximum absolute atomic E-state index is 14.5. The van der Waals surface area contributed by atoms with Crippen LogP contribution in [0, 0.1) is 6.92 Å². The highest BCUT2D eigenvalue weighted by atomic mass is 19.4. The van der Waals surface area contributed by atoms with Crippen LogP contribution < -0.4 is 5.73 Å². The van der Waals surface area contributed by atoms with Gasteiger partial charge in [-0.05, 0) is 36.2 Å². The molecule has 0 atom stereocenters. The number of nitrogens with two attached hydrogens (primary N) is 1. The van der Waals surface area contributed by atoms with E-state index in [4.69, 9.17) is 10.2 Å². The van der Waals surface area contributed by atoms with Crippen LogP contribution in [0.15, 0.2) is 53.3 Å². The zero-order valence-electron chi connectivity index (χ0n) is 17.4. The topological polar surface area (TPSA) is 95.1 Å². The molecular weight excluding hydrogens is 459 g/mol. The van der Waals surface area contributed by atoms with Crippen molar-refractivity contribution < 1.29 is 26.4 Å². The Morgan fingerprint density at radius 2 is 1.74 bits per heavy atom. The third-order valence-electron chi connectivity index (χ3n) is 5.44. The van der Waals surface area contributed by atoms with Gasteiger partial charge in [0.15, 0.2) is 5.69 Å². The second-order valence-electron chi connectivity index (χ2n) is 7.61. The number of pyridine rings is 2. The third-order valence-corrected chi connectivity index (χ3v) is 5.44. The number of aromatic nitrogens is 5. The molecule has 5 rings (SSSR count). The van der Waals surface area contributed by atoms with Crippen LogP contribution in [0.2, 0.25) is 0 Å². The summed E-state index contributed by atoms with van der Waals surface area (Å²) in [6.07, 6.45) is -4.76. The number of hydrogen-bond donors (Lipinski definition) is 1. The maximum atomic E-state index is 14.5. The van der Waals surface area contributed by atoms with E-state index in [0.717, 1.165) is 18.0 Å². The lowest BCUT2D eigenvalue weighted by molar-refractivity contribution is -0.290. The highest BCUT2D eigenvalue weighted by Crippen LogP contribution is 2.45. The van der Waals surface area contributed by atoms with Crippen LogP contribution in [-0.4, -0.2) is 30.7 Å². The fourth-order valence-electron chi connectivity index (χ4n) is 3.77. The lowest BCUT2D eigenvalue weighted by Crippen LogP contribution is -2.34. The molecule has 2 N–H and O–H groups in total. The zero-order valence-corrected chi connectivity index (χ0v) is 17.4. The monoisotopic (exact) mass is 474 g/mol. The summed E-state index contributed by atoms with van der Waals surface area (Å²) >= 11 is 0. The standard InChI is InChI=1S/C22H15F5N6O/c1-11-2-4-12(5-3-11)14-8-16(21(23,24)22(25,26)27)30-19-13(14)6-7-17-31-18(15(9-28)33(17)19)20-32-29-10-34-20/h2-8,10H,9,28H2,1H3. The highest BCUT2D eigenvalue weighted by molar-refractivity contribution is 5.95. The molecule has 174 valence electrons. The minimum absolute atomic E-state index is 0.0211. The Kier molecular flexibility index (Phi) is 4.86. The number of rotatable bonds is 4. The van der Waals surface area contributed by atoms with E-state index in [1.165, 1.54) is 4.40 Å². The number of halogens is 5. The zero-order chi connectivity index (χ0) is 24.3. The van der Waals surface area contributed by atoms with E-state index in [-0.39, 0.29) is 40.7 Å². The minimum Gasteiger partial charge on any atom is -0.422 e. The first-order valence-electron chi connectivity index (χ1n) is 9.95. The van der Waals surface area contributed by atoms with Gasteiger partial charge in [-0.2, -0.15) is 22.0 Å². The largest absolute Gasteiger partial charge is 0.459 e. The predicted molar refractivity (Wildman–Crippen MR) is 112 cm³/mol. The van der Waals surface area contributed by atoms with Crippen molar-refractivity contribution in [3.05, 3.63) is 65.8 Å². The molecule has 0 spiro atoms. The summed E-state index contributed by atoms with van der Waals surface area (Å²) in [6.45, 7) is 1.68. The Labute approximate surface area is 188 Å². The third kappa shape index (κ3) is 3.29. The predicted octanol–water partition coefficient (Wildman–Crippen LogP) is 5.02. The van der Waals surface area contributed by atoms with Crippen molar-refractivity contribution in [3.63, 3.8) is 0 Å². The summed E-state index contributed by atoms with van der Waals surface area (Å²) in [6, 6.07) is 10.7. The first-order valence-corrected chi connectivity index (χ1v) is 9.95. The number of fused-ring (bicyclic) bond motifs is 3. The number of aryl methyl sites for hydroxylation is 1. The average Bonchev–Trinajstić information content (AvgIpc) is 3.45. The minimum atomic E-state index is -5.84. The van der Waals surface area contributed by atoms with Crippen molar-refractivity contribution in [2.75, 3.05) is 0 Å². The van der Waals surface area contributed by atoms with Crippen molar-refractivity contribution in [1.82, 2.24) is 24.6 Å². The average molecular weight is 474 g/mol. The van der Waals surface area contributed by atoms with Gasteiger partial charge >= 0.3 is 12.1 Å². The van der Waals surface area contributed by atoms with Gasteiger partial charge in [-0.25, -0.2) is 9.97 Å². The summed E-state index contributed by atoms with van der Waals surface area (Å²) < 4.78 is 75.4. The van der Waals surface area contributed by atoms with Gasteiger partial charge in [0.05, 0.1) is 5.69 Å². The molecule has 0 aliphatic heterocycles. The Morgan fingerprint density at radius 3 is 2.35 bits per heavy atom. The molecule has 0 unspecified atom stereocenters. The van der Waals surface area contributed by atoms with E-state index in [9.17, 15) is 22.0 Å². The molecule has 1 aromatic carbocycles. The van der Waals surface area contributed by atoms with Gasteiger partial charge < -0.3 is 10.2 Å². The summed E-state index contributed by atoms with van der Waals surface area (Å²) in [4.78, 5) is 8.15. The van der Waals surface area contributed by atoms with Crippen molar-refractivity contribution >= 4 is 16.7 Å². The maximum Gasteiger partial charge on any atom is 0.459 e. The molecule has 0 saturated heterocycles. The molecule has 4 aromatic heterocycles. The summed E-state index contributed by atoms with van der Waals surface area (Å²) in [5.74, 6) is -5.17. The van der Waals surface area contributed by atoms with Crippen molar-refractivity contribution in [3.8, 4) is 22.7 Å². The normalized spacial score (nSPS) is 12.7. The molecule has 12 heteroatoms. The fourth-order valence-corrected chi connectivity index (χ4v) is 3.77. The van der Waals surface area contributed by atoms with Crippen molar-refractivity contribution in [2.24, 2.45) is 5.73 Å². The Hall–Kier alpha value is -3.93. The second kappa shape index (κ2) is 7.55. The quantitative estimate of drug-likeness (QED) is 0.368. The van der Waals surface area contributed by atoms with E-state index in [2.05, 4.69) is 20.2 Å². The first-order chi connectivity index (χ1) is 16.1. The van der Waals surface area contributed by atoms with Gasteiger partial charge in [0.2, 0.25) is 6.39 Å². The van der Waals surface area contributed by atoms with Gasteiger partial charge in [-0.1, -0.05) is 29.8 Å². The molecule has 0 radical (unpaired) electrons. The molecular formula is C22H15F5N6O. The van der Waals surface area contributed by atoms with Gasteiger partial charge in [0.25, 0.3) is 5.89 Å². The molecule has 0 amide bonds. The van der Waals surface area contributed by atoms with Crippen LogP contribution in [0.25, 0.3) is 39.4 Å². The molecule has 0 fully saturated rings. The Bertz CT molecular complexity index is 1510. The molecule has 0 bridgehead atoms. The van der Waals surface area contributed by atoms with Gasteiger partial charge in [-0.3, -0.25) is 4.40 Å². The van der Waals surface area contributed by atoms with Crippen LogP contribution in [0.3, 0.4) is 0 Å². The van der Waals surface area contributed by atoms with Gasteiger partial charge in [0, 0.05) is 11.9 Å². The Balaban J connectivity index is 1.91. The number of alkyl halides is 5. The van der Waals surface area contributed by atoms with E-state index in [1.807, 2.05) is 6.92 Å². The lowest BCUT2D eigenvalue weighted by Gasteiger charge is -2.21.